The Morgan fingerprint density at radius 1 is 1.06 bits per heavy atom. The van der Waals surface area contributed by atoms with Gasteiger partial charge in [-0.2, -0.15) is 0 Å². The minimum Gasteiger partial charge on any atom is -0.356 e. The van der Waals surface area contributed by atoms with Crippen LogP contribution in [-0.2, 0) is 6.54 Å². The highest BCUT2D eigenvalue weighted by molar-refractivity contribution is 6.15. The summed E-state index contributed by atoms with van der Waals surface area (Å²) in [6.45, 7) is 4.30. The fourth-order valence-electron chi connectivity index (χ4n) is 5.15. The lowest BCUT2D eigenvalue weighted by Crippen LogP contribution is -2.37. The fourth-order valence-corrected chi connectivity index (χ4v) is 5.15. The zero-order valence-electron chi connectivity index (χ0n) is 19.4. The van der Waals surface area contributed by atoms with Crippen LogP contribution in [0.2, 0.25) is 0 Å². The van der Waals surface area contributed by atoms with Crippen molar-refractivity contribution in [3.05, 3.63) is 82.9 Å². The summed E-state index contributed by atoms with van der Waals surface area (Å²) < 4.78 is 3.90. The molecule has 1 aliphatic rings. The van der Waals surface area contributed by atoms with Gasteiger partial charge in [-0.05, 0) is 38.0 Å². The number of carbonyl (C=O) groups is 1. The molecule has 5 heterocycles. The molecule has 0 saturated carbocycles. The second-order valence-corrected chi connectivity index (χ2v) is 8.83. The Kier molecular flexibility index (Phi) is 5.17. The molecule has 9 nitrogen and oxygen atoms in total. The van der Waals surface area contributed by atoms with Gasteiger partial charge in [-0.3, -0.25) is 14.3 Å². The van der Waals surface area contributed by atoms with Crippen molar-refractivity contribution in [2.75, 3.05) is 18.0 Å². The van der Waals surface area contributed by atoms with Gasteiger partial charge in [-0.1, -0.05) is 18.2 Å². The predicted octanol–water partition coefficient (Wildman–Crippen LogP) is 3.56. The summed E-state index contributed by atoms with van der Waals surface area (Å²) in [5.74, 6) is 0.624. The first-order valence-corrected chi connectivity index (χ1v) is 11.9. The Morgan fingerprint density at radius 3 is 2.69 bits per heavy atom. The average Bonchev–Trinajstić information content (AvgIpc) is 3.45. The van der Waals surface area contributed by atoms with E-state index < -0.39 is 0 Å². The molecule has 4 aromatic heterocycles. The van der Waals surface area contributed by atoms with Gasteiger partial charge in [-0.15, -0.1) is 0 Å². The maximum absolute atomic E-state index is 13.4. The van der Waals surface area contributed by atoms with E-state index in [0.717, 1.165) is 54.7 Å². The monoisotopic (exact) mass is 467 g/mol. The van der Waals surface area contributed by atoms with E-state index in [-0.39, 0.29) is 17.5 Å². The van der Waals surface area contributed by atoms with Crippen molar-refractivity contribution in [2.24, 2.45) is 0 Å². The van der Waals surface area contributed by atoms with Crippen LogP contribution in [0.1, 0.15) is 41.9 Å². The highest BCUT2D eigenvalue weighted by Crippen LogP contribution is 2.28. The van der Waals surface area contributed by atoms with Gasteiger partial charge in [0.15, 0.2) is 5.65 Å². The number of nitrogens with zero attached hydrogens (tertiary/aromatic N) is 6. The smallest absolute Gasteiger partial charge is 0.327 e. The zero-order valence-corrected chi connectivity index (χ0v) is 19.4. The summed E-state index contributed by atoms with van der Waals surface area (Å²) in [7, 11) is 0. The maximum Gasteiger partial charge on any atom is 0.327 e. The average molecular weight is 468 g/mol. The van der Waals surface area contributed by atoms with E-state index in [0.29, 0.717) is 16.9 Å². The number of nitrogens with one attached hydrogen (secondary N) is 1. The van der Waals surface area contributed by atoms with E-state index in [1.165, 1.54) is 6.33 Å². The lowest BCUT2D eigenvalue weighted by atomic mass is 10.0. The van der Waals surface area contributed by atoms with Crippen LogP contribution in [0.15, 0.2) is 66.0 Å². The normalized spacial score (nSPS) is 14.7. The number of para-hydroxylation sites is 1. The molecule has 0 radical (unpaired) electrons. The Bertz CT molecular complexity index is 1610. The summed E-state index contributed by atoms with van der Waals surface area (Å²) in [5, 5.41) is 0.930. The quantitative estimate of drug-likeness (QED) is 0.397. The number of anilines is 1. The fraction of sp³-hybridized carbons (Fsp3) is 0.269. The van der Waals surface area contributed by atoms with Crippen LogP contribution in [0.4, 0.5) is 5.82 Å². The molecule has 1 aromatic carbocycles. The van der Waals surface area contributed by atoms with E-state index in [4.69, 9.17) is 0 Å². The highest BCUT2D eigenvalue weighted by atomic mass is 16.1. The van der Waals surface area contributed by atoms with Gasteiger partial charge in [0.05, 0.1) is 5.52 Å². The maximum atomic E-state index is 13.4. The molecular formula is C26H25N7O2. The Labute approximate surface area is 201 Å². The molecule has 0 bridgehead atoms. The van der Waals surface area contributed by atoms with Gasteiger partial charge in [0.25, 0.3) is 0 Å². The summed E-state index contributed by atoms with van der Waals surface area (Å²) in [6.07, 6.45) is 6.63. The van der Waals surface area contributed by atoms with Crippen molar-refractivity contribution in [1.29, 1.82) is 0 Å². The molecule has 35 heavy (non-hydrogen) atoms. The molecule has 1 fully saturated rings. The Morgan fingerprint density at radius 2 is 1.86 bits per heavy atom. The van der Waals surface area contributed by atoms with Crippen LogP contribution < -0.4 is 10.6 Å². The van der Waals surface area contributed by atoms with E-state index >= 15 is 0 Å². The molecule has 0 aliphatic carbocycles. The van der Waals surface area contributed by atoms with Crippen molar-refractivity contribution in [1.82, 2.24) is 29.1 Å². The van der Waals surface area contributed by atoms with E-state index in [1.54, 1.807) is 12.3 Å². The topological polar surface area (TPSA) is 102 Å². The summed E-state index contributed by atoms with van der Waals surface area (Å²) in [5.41, 5.74) is 3.39. The number of piperidine rings is 1. The molecule has 1 N–H and O–H groups in total. The van der Waals surface area contributed by atoms with E-state index in [1.807, 2.05) is 47.2 Å². The Balaban J connectivity index is 1.24. The first kappa shape index (κ1) is 21.3. The van der Waals surface area contributed by atoms with Crippen LogP contribution in [0.3, 0.4) is 0 Å². The van der Waals surface area contributed by atoms with Crippen molar-refractivity contribution < 1.29 is 4.79 Å². The molecule has 9 heteroatoms. The van der Waals surface area contributed by atoms with Crippen LogP contribution in [0, 0.1) is 0 Å². The van der Waals surface area contributed by atoms with Crippen molar-refractivity contribution in [3.63, 3.8) is 0 Å². The van der Waals surface area contributed by atoms with Crippen LogP contribution >= 0.6 is 0 Å². The van der Waals surface area contributed by atoms with Crippen molar-refractivity contribution >= 4 is 33.7 Å². The molecule has 176 valence electrons. The third-order valence-electron chi connectivity index (χ3n) is 6.90. The minimum absolute atomic E-state index is 0.0832. The van der Waals surface area contributed by atoms with Gasteiger partial charge in [-0.25, -0.2) is 19.7 Å². The second-order valence-electron chi connectivity index (χ2n) is 8.83. The number of aromatic nitrogens is 6. The minimum atomic E-state index is -0.127. The molecule has 0 amide bonds. The number of ketones is 1. The largest absolute Gasteiger partial charge is 0.356 e. The molecule has 6 rings (SSSR count). The van der Waals surface area contributed by atoms with Gasteiger partial charge < -0.3 is 9.47 Å². The van der Waals surface area contributed by atoms with Crippen molar-refractivity contribution in [2.45, 2.75) is 32.4 Å². The number of hydrogen-bond acceptors (Lipinski definition) is 6. The molecule has 1 saturated heterocycles. The van der Waals surface area contributed by atoms with Gasteiger partial charge in [0.1, 0.15) is 17.8 Å². The number of benzene rings is 1. The summed E-state index contributed by atoms with van der Waals surface area (Å²) in [6, 6.07) is 13.6. The van der Waals surface area contributed by atoms with Crippen LogP contribution in [-0.4, -0.2) is 47.9 Å². The number of hydrogen-bond donors (Lipinski definition) is 1. The SMILES string of the molecule is CCn1cc(C(=O)c2cc(N3CCC(n4c(=O)[nH]c5ncccc54)CC3)ncn2)c2ccccc21. The molecule has 1 aliphatic heterocycles. The van der Waals surface area contributed by atoms with E-state index in [2.05, 4.69) is 36.3 Å². The second kappa shape index (κ2) is 8.50. The lowest BCUT2D eigenvalue weighted by molar-refractivity contribution is 0.103. The van der Waals surface area contributed by atoms with Crippen LogP contribution in [0.25, 0.3) is 22.1 Å². The predicted molar refractivity (Wildman–Crippen MR) is 134 cm³/mol. The summed E-state index contributed by atoms with van der Waals surface area (Å²) >= 11 is 0. The zero-order chi connectivity index (χ0) is 23.9. The number of carbonyl (C=O) groups excluding carboxylic acids is 1. The number of aryl methyl sites for hydroxylation is 1. The number of rotatable bonds is 5. The first-order chi connectivity index (χ1) is 17.1. The van der Waals surface area contributed by atoms with Crippen LogP contribution in [0.5, 0.6) is 0 Å². The first-order valence-electron chi connectivity index (χ1n) is 11.9. The molecule has 0 spiro atoms. The molecule has 0 atom stereocenters. The van der Waals surface area contributed by atoms with E-state index in [9.17, 15) is 9.59 Å². The summed E-state index contributed by atoms with van der Waals surface area (Å²) in [4.78, 5) is 44.0. The molecular weight excluding hydrogens is 442 g/mol. The highest BCUT2D eigenvalue weighted by Gasteiger charge is 2.25. The lowest BCUT2D eigenvalue weighted by Gasteiger charge is -2.33. The number of imidazole rings is 1. The third kappa shape index (κ3) is 3.60. The van der Waals surface area contributed by atoms with Crippen molar-refractivity contribution in [3.8, 4) is 0 Å². The number of H-pyrrole nitrogens is 1. The number of fused-ring (bicyclic) bond motifs is 2. The third-order valence-corrected chi connectivity index (χ3v) is 6.90. The van der Waals surface area contributed by atoms with Gasteiger partial charge in [0.2, 0.25) is 5.78 Å². The molecule has 5 aromatic rings. The van der Waals surface area contributed by atoms with Gasteiger partial charge in [0, 0.05) is 60.6 Å². The van der Waals surface area contributed by atoms with Gasteiger partial charge >= 0.3 is 5.69 Å². The number of pyridine rings is 1. The standard InChI is InChI=1S/C26H25N7O2/c1-2-31-15-19(18-6-3-4-7-21(18)31)24(34)20-14-23(29-16-28-20)32-12-9-17(10-13-32)33-22-8-5-11-27-25(22)30-26(33)35/h3-8,11,14-17H,2,9-10,12-13H2,1H3,(H,27,30,35). The Hall–Kier alpha value is -4.27. The number of aromatic amines is 1. The molecule has 0 unspecified atom stereocenters.